The van der Waals surface area contributed by atoms with E-state index in [1.165, 1.54) is 0 Å². The number of aromatic nitrogens is 3. The highest BCUT2D eigenvalue weighted by Crippen LogP contribution is 2.37. The minimum Gasteiger partial charge on any atom is -0.381 e. The Morgan fingerprint density at radius 1 is 1.19 bits per heavy atom. The summed E-state index contributed by atoms with van der Waals surface area (Å²) in [4.78, 5) is 17.0. The number of carbonyl (C=O) groups is 1. The van der Waals surface area contributed by atoms with Crippen LogP contribution in [0.25, 0.3) is 22.2 Å². The standard InChI is InChI=1S/C23H28N4O4/c1-13-22(14(2)31-26-13)15-4-9-20-18(10-15)25-23(19-11-30-12-21(28)24-19)27(20)16-5-7-17(29-3)8-6-16/h4,9-10,16-17,19H,5-8,11-12H2,1-3H3,(H,24,28)/t16-,17-,19-/m1/s1. The number of morpholine rings is 1. The summed E-state index contributed by atoms with van der Waals surface area (Å²) in [5.41, 5.74) is 4.88. The van der Waals surface area contributed by atoms with Crippen LogP contribution in [-0.2, 0) is 14.3 Å². The number of ether oxygens (including phenoxy) is 2. The molecule has 0 radical (unpaired) electrons. The van der Waals surface area contributed by atoms with Crippen molar-refractivity contribution in [3.8, 4) is 11.1 Å². The van der Waals surface area contributed by atoms with Gasteiger partial charge in [0, 0.05) is 18.7 Å². The molecular formula is C23H28N4O4. The van der Waals surface area contributed by atoms with Crippen LogP contribution in [-0.4, -0.2) is 47.0 Å². The summed E-state index contributed by atoms with van der Waals surface area (Å²) in [6, 6.07) is 6.38. The third-order valence-corrected chi connectivity index (χ3v) is 6.55. The average molecular weight is 425 g/mol. The zero-order valence-corrected chi connectivity index (χ0v) is 18.2. The van der Waals surface area contributed by atoms with Crippen LogP contribution in [0.1, 0.15) is 55.0 Å². The summed E-state index contributed by atoms with van der Waals surface area (Å²) < 4.78 is 18.8. The van der Waals surface area contributed by atoms with Gasteiger partial charge in [0.1, 0.15) is 24.2 Å². The van der Waals surface area contributed by atoms with Crippen molar-refractivity contribution in [3.05, 3.63) is 35.5 Å². The van der Waals surface area contributed by atoms with Crippen LogP contribution in [0.5, 0.6) is 0 Å². The zero-order chi connectivity index (χ0) is 21.5. The first-order valence-corrected chi connectivity index (χ1v) is 10.9. The molecule has 2 aromatic heterocycles. The van der Waals surface area contributed by atoms with Crippen LogP contribution < -0.4 is 5.32 Å². The molecule has 1 aliphatic carbocycles. The van der Waals surface area contributed by atoms with Crippen LogP contribution in [0.3, 0.4) is 0 Å². The molecule has 2 fully saturated rings. The van der Waals surface area contributed by atoms with E-state index in [2.05, 4.69) is 33.2 Å². The summed E-state index contributed by atoms with van der Waals surface area (Å²) in [5.74, 6) is 1.55. The van der Waals surface area contributed by atoms with Crippen molar-refractivity contribution < 1.29 is 18.8 Å². The largest absolute Gasteiger partial charge is 0.381 e. The predicted octanol–water partition coefficient (Wildman–Crippen LogP) is 3.63. The van der Waals surface area contributed by atoms with E-state index in [0.29, 0.717) is 18.8 Å². The molecule has 1 atom stereocenters. The van der Waals surface area contributed by atoms with Gasteiger partial charge in [0.05, 0.1) is 29.4 Å². The highest BCUT2D eigenvalue weighted by atomic mass is 16.5. The van der Waals surface area contributed by atoms with E-state index < -0.39 is 0 Å². The first-order valence-electron chi connectivity index (χ1n) is 10.9. The number of hydrogen-bond acceptors (Lipinski definition) is 6. The van der Waals surface area contributed by atoms with Crippen LogP contribution in [0.2, 0.25) is 0 Å². The topological polar surface area (TPSA) is 91.4 Å². The first-order chi connectivity index (χ1) is 15.0. The molecule has 1 aliphatic heterocycles. The van der Waals surface area contributed by atoms with Crippen molar-refractivity contribution >= 4 is 16.9 Å². The molecular weight excluding hydrogens is 396 g/mol. The molecule has 3 heterocycles. The van der Waals surface area contributed by atoms with Gasteiger partial charge in [-0.3, -0.25) is 4.79 Å². The van der Waals surface area contributed by atoms with Gasteiger partial charge in [0.2, 0.25) is 5.91 Å². The number of rotatable bonds is 4. The van der Waals surface area contributed by atoms with Gasteiger partial charge in [0.15, 0.2) is 0 Å². The van der Waals surface area contributed by atoms with Gasteiger partial charge in [-0.25, -0.2) is 4.98 Å². The number of methoxy groups -OCH3 is 1. The van der Waals surface area contributed by atoms with E-state index in [0.717, 1.165) is 65.1 Å². The minimum absolute atomic E-state index is 0.102. The zero-order valence-electron chi connectivity index (χ0n) is 18.2. The Bertz CT molecular complexity index is 1090. The van der Waals surface area contributed by atoms with E-state index in [9.17, 15) is 4.79 Å². The third kappa shape index (κ3) is 3.64. The van der Waals surface area contributed by atoms with Gasteiger partial charge in [-0.05, 0) is 57.2 Å². The minimum atomic E-state index is -0.253. The van der Waals surface area contributed by atoms with E-state index in [-0.39, 0.29) is 18.6 Å². The molecule has 0 unspecified atom stereocenters. The highest BCUT2D eigenvalue weighted by Gasteiger charge is 2.31. The fourth-order valence-corrected chi connectivity index (χ4v) is 5.02. The molecule has 2 aliphatic rings. The summed E-state index contributed by atoms with van der Waals surface area (Å²) >= 11 is 0. The number of hydrogen-bond donors (Lipinski definition) is 1. The van der Waals surface area contributed by atoms with Gasteiger partial charge in [-0.2, -0.15) is 0 Å². The normalized spacial score (nSPS) is 24.5. The number of aryl methyl sites for hydroxylation is 2. The maximum Gasteiger partial charge on any atom is 0.246 e. The monoisotopic (exact) mass is 424 g/mol. The lowest BCUT2D eigenvalue weighted by Gasteiger charge is -2.32. The summed E-state index contributed by atoms with van der Waals surface area (Å²) in [6.07, 6.45) is 4.39. The Morgan fingerprint density at radius 2 is 2.00 bits per heavy atom. The summed E-state index contributed by atoms with van der Waals surface area (Å²) in [6.45, 7) is 4.40. The molecule has 8 nitrogen and oxygen atoms in total. The molecule has 1 amide bonds. The Balaban J connectivity index is 1.60. The molecule has 1 saturated carbocycles. The maximum absolute atomic E-state index is 12.0. The Morgan fingerprint density at radius 3 is 2.68 bits per heavy atom. The molecule has 164 valence electrons. The number of benzene rings is 1. The number of amides is 1. The van der Waals surface area contributed by atoms with Gasteiger partial charge in [-0.15, -0.1) is 0 Å². The maximum atomic E-state index is 12.0. The van der Waals surface area contributed by atoms with Crippen LogP contribution in [0.15, 0.2) is 22.7 Å². The van der Waals surface area contributed by atoms with E-state index in [1.807, 2.05) is 13.8 Å². The van der Waals surface area contributed by atoms with Crippen molar-refractivity contribution in [2.24, 2.45) is 0 Å². The number of imidazole rings is 1. The lowest BCUT2D eigenvalue weighted by atomic mass is 9.92. The SMILES string of the molecule is CO[C@H]1CC[C@H](n2c([C@H]3COCC(=O)N3)nc3cc(-c4c(C)noc4C)ccc32)CC1. The molecule has 1 N–H and O–H groups in total. The van der Waals surface area contributed by atoms with Crippen molar-refractivity contribution in [3.63, 3.8) is 0 Å². The molecule has 0 bridgehead atoms. The Labute approximate surface area is 180 Å². The second-order valence-corrected chi connectivity index (χ2v) is 8.54. The Hall–Kier alpha value is -2.71. The molecule has 8 heteroatoms. The molecule has 3 aromatic rings. The Kier molecular flexibility index (Phi) is 5.27. The van der Waals surface area contributed by atoms with Crippen LogP contribution in [0.4, 0.5) is 0 Å². The molecule has 0 spiro atoms. The van der Waals surface area contributed by atoms with Gasteiger partial charge in [-0.1, -0.05) is 11.2 Å². The van der Waals surface area contributed by atoms with Crippen LogP contribution in [0, 0.1) is 13.8 Å². The van der Waals surface area contributed by atoms with Crippen molar-refractivity contribution in [1.82, 2.24) is 20.0 Å². The quantitative estimate of drug-likeness (QED) is 0.688. The smallest absolute Gasteiger partial charge is 0.246 e. The highest BCUT2D eigenvalue weighted by molar-refractivity contribution is 5.84. The fourth-order valence-electron chi connectivity index (χ4n) is 5.02. The van der Waals surface area contributed by atoms with Gasteiger partial charge >= 0.3 is 0 Å². The lowest BCUT2D eigenvalue weighted by molar-refractivity contribution is -0.131. The number of nitrogens with zero attached hydrogens (tertiary/aromatic N) is 3. The first kappa shape index (κ1) is 20.2. The lowest BCUT2D eigenvalue weighted by Crippen LogP contribution is -2.41. The van der Waals surface area contributed by atoms with E-state index >= 15 is 0 Å². The second-order valence-electron chi connectivity index (χ2n) is 8.54. The molecule has 5 rings (SSSR count). The average Bonchev–Trinajstić information content (AvgIpc) is 3.33. The fraction of sp³-hybridized carbons (Fsp3) is 0.522. The van der Waals surface area contributed by atoms with Crippen molar-refractivity contribution in [2.45, 2.75) is 57.7 Å². The summed E-state index contributed by atoms with van der Waals surface area (Å²) in [5, 5.41) is 7.15. The van der Waals surface area contributed by atoms with Gasteiger partial charge < -0.3 is 23.9 Å². The van der Waals surface area contributed by atoms with Crippen molar-refractivity contribution in [1.29, 1.82) is 0 Å². The molecule has 31 heavy (non-hydrogen) atoms. The number of carbonyl (C=O) groups excluding carboxylic acids is 1. The van der Waals surface area contributed by atoms with E-state index in [4.69, 9.17) is 19.0 Å². The summed E-state index contributed by atoms with van der Waals surface area (Å²) in [7, 11) is 1.79. The predicted molar refractivity (Wildman–Crippen MR) is 115 cm³/mol. The van der Waals surface area contributed by atoms with E-state index in [1.54, 1.807) is 7.11 Å². The number of nitrogens with one attached hydrogen (secondary N) is 1. The second kappa shape index (κ2) is 8.09. The van der Waals surface area contributed by atoms with Crippen LogP contribution >= 0.6 is 0 Å². The molecule has 1 saturated heterocycles. The third-order valence-electron chi connectivity index (χ3n) is 6.55. The number of fused-ring (bicyclic) bond motifs is 1. The van der Waals surface area contributed by atoms with Crippen molar-refractivity contribution in [2.75, 3.05) is 20.3 Å². The van der Waals surface area contributed by atoms with Gasteiger partial charge in [0.25, 0.3) is 0 Å². The molecule has 1 aromatic carbocycles.